The monoisotopic (exact) mass is 266 g/mol. The fraction of sp³-hybridized carbons (Fsp3) is 0.438. The van der Waals surface area contributed by atoms with Crippen LogP contribution in [0.4, 0.5) is 0 Å². The van der Waals surface area contributed by atoms with Gasteiger partial charge in [0.25, 0.3) is 0 Å². The van der Waals surface area contributed by atoms with E-state index in [1.54, 1.807) is 0 Å². The number of hydrogen-bond acceptors (Lipinski definition) is 3. The quantitative estimate of drug-likeness (QED) is 0.675. The van der Waals surface area contributed by atoms with Crippen molar-refractivity contribution in [3.8, 4) is 0 Å². The summed E-state index contributed by atoms with van der Waals surface area (Å²) in [5, 5.41) is 8.90. The summed E-state index contributed by atoms with van der Waals surface area (Å²) >= 11 is 0. The average molecular weight is 266 g/mol. The van der Waals surface area contributed by atoms with Crippen LogP contribution in [0.2, 0.25) is 0 Å². The minimum absolute atomic E-state index is 0.545. The zero-order valence-corrected chi connectivity index (χ0v) is 11.7. The molecule has 4 nitrogen and oxygen atoms in total. The van der Waals surface area contributed by atoms with Gasteiger partial charge in [-0.2, -0.15) is 0 Å². The van der Waals surface area contributed by atoms with Crippen molar-refractivity contribution in [3.63, 3.8) is 0 Å². The molecule has 1 aromatic carbocycles. The van der Waals surface area contributed by atoms with Crippen LogP contribution in [0.1, 0.15) is 49.5 Å². The number of para-hydroxylation sites is 2. The van der Waals surface area contributed by atoms with Gasteiger partial charge in [-0.25, -0.2) is 4.98 Å². The summed E-state index contributed by atoms with van der Waals surface area (Å²) in [6.45, 7) is 2.01. The van der Waals surface area contributed by atoms with E-state index in [1.807, 2.05) is 13.0 Å². The second-order valence-electron chi connectivity index (χ2n) is 5.74. The minimum Gasteiger partial charge on any atom is -0.276 e. The highest BCUT2D eigenvalue weighted by Crippen LogP contribution is 2.33. The number of nitrogens with zero attached hydrogens (tertiary/aromatic N) is 4. The predicted molar refractivity (Wildman–Crippen MR) is 78.9 cm³/mol. The van der Waals surface area contributed by atoms with Gasteiger partial charge in [-0.1, -0.05) is 31.4 Å². The van der Waals surface area contributed by atoms with Crippen LogP contribution in [0, 0.1) is 6.92 Å². The normalized spacial score (nSPS) is 17.1. The first-order valence-corrected chi connectivity index (χ1v) is 7.45. The van der Waals surface area contributed by atoms with Gasteiger partial charge in [0.05, 0.1) is 16.7 Å². The highest BCUT2D eigenvalue weighted by atomic mass is 15.3. The minimum atomic E-state index is 0.545. The van der Waals surface area contributed by atoms with E-state index in [2.05, 4.69) is 37.8 Å². The molecule has 4 heteroatoms. The molecule has 0 unspecified atom stereocenters. The third-order valence-electron chi connectivity index (χ3n) is 4.39. The first kappa shape index (κ1) is 11.8. The summed E-state index contributed by atoms with van der Waals surface area (Å²) in [5.74, 6) is 1.67. The van der Waals surface area contributed by atoms with Gasteiger partial charge in [-0.15, -0.1) is 10.2 Å². The molecule has 4 rings (SSSR count). The van der Waals surface area contributed by atoms with Crippen molar-refractivity contribution in [2.75, 3.05) is 0 Å². The van der Waals surface area contributed by atoms with Crippen molar-refractivity contribution in [2.45, 2.75) is 44.9 Å². The van der Waals surface area contributed by atoms with Gasteiger partial charge >= 0.3 is 0 Å². The van der Waals surface area contributed by atoms with Crippen LogP contribution in [0.15, 0.2) is 24.3 Å². The lowest BCUT2D eigenvalue weighted by Gasteiger charge is -2.20. The van der Waals surface area contributed by atoms with Crippen LogP contribution in [0.25, 0.3) is 16.7 Å². The lowest BCUT2D eigenvalue weighted by Crippen LogP contribution is -2.09. The third-order valence-corrected chi connectivity index (χ3v) is 4.39. The largest absolute Gasteiger partial charge is 0.276 e. The van der Waals surface area contributed by atoms with Gasteiger partial charge in [0, 0.05) is 5.92 Å². The Balaban J connectivity index is 2.02. The maximum Gasteiger partial charge on any atom is 0.182 e. The number of aryl methyl sites for hydroxylation is 1. The van der Waals surface area contributed by atoms with E-state index in [-0.39, 0.29) is 0 Å². The first-order chi connectivity index (χ1) is 9.84. The molecule has 0 aliphatic heterocycles. The summed E-state index contributed by atoms with van der Waals surface area (Å²) in [6, 6.07) is 8.27. The van der Waals surface area contributed by atoms with Crippen molar-refractivity contribution in [1.29, 1.82) is 0 Å². The molecule has 0 N–H and O–H groups in total. The number of aromatic nitrogens is 4. The van der Waals surface area contributed by atoms with E-state index in [4.69, 9.17) is 0 Å². The molecule has 0 amide bonds. The van der Waals surface area contributed by atoms with Crippen LogP contribution in [0.5, 0.6) is 0 Å². The smallest absolute Gasteiger partial charge is 0.182 e. The third kappa shape index (κ3) is 1.71. The van der Waals surface area contributed by atoms with Gasteiger partial charge < -0.3 is 0 Å². The lowest BCUT2D eigenvalue weighted by molar-refractivity contribution is 0.427. The van der Waals surface area contributed by atoms with E-state index in [9.17, 15) is 0 Å². The molecule has 20 heavy (non-hydrogen) atoms. The molecule has 0 radical (unpaired) electrons. The zero-order valence-electron chi connectivity index (χ0n) is 11.7. The molecular weight excluding hydrogens is 248 g/mol. The van der Waals surface area contributed by atoms with Crippen LogP contribution < -0.4 is 0 Å². The van der Waals surface area contributed by atoms with Gasteiger partial charge in [0.1, 0.15) is 5.82 Å². The Labute approximate surface area is 117 Å². The summed E-state index contributed by atoms with van der Waals surface area (Å²) in [7, 11) is 0. The Morgan fingerprint density at radius 2 is 1.85 bits per heavy atom. The molecule has 102 valence electrons. The molecule has 0 spiro atoms. The topological polar surface area (TPSA) is 43.1 Å². The van der Waals surface area contributed by atoms with Crippen molar-refractivity contribution < 1.29 is 0 Å². The standard InChI is InChI=1S/C16H18N4/c1-11-15-18-19-16(12-7-3-2-4-8-12)20(15)14-10-6-5-9-13(14)17-11/h5-6,9-10,12H,2-4,7-8H2,1H3. The number of rotatable bonds is 1. The molecule has 0 atom stereocenters. The molecule has 3 aromatic rings. The van der Waals surface area contributed by atoms with E-state index in [0.29, 0.717) is 5.92 Å². The maximum atomic E-state index is 4.64. The van der Waals surface area contributed by atoms with Crippen LogP contribution in [-0.4, -0.2) is 19.6 Å². The van der Waals surface area contributed by atoms with Crippen molar-refractivity contribution in [1.82, 2.24) is 19.6 Å². The highest BCUT2D eigenvalue weighted by Gasteiger charge is 2.22. The fourth-order valence-corrected chi connectivity index (χ4v) is 3.37. The number of fused-ring (bicyclic) bond motifs is 3. The molecule has 2 heterocycles. The summed E-state index contributed by atoms with van der Waals surface area (Å²) in [4.78, 5) is 4.64. The summed E-state index contributed by atoms with van der Waals surface area (Å²) in [6.07, 6.45) is 6.44. The average Bonchev–Trinajstić information content (AvgIpc) is 2.94. The van der Waals surface area contributed by atoms with Gasteiger partial charge in [-0.05, 0) is 31.9 Å². The first-order valence-electron chi connectivity index (χ1n) is 7.45. The Bertz CT molecular complexity index is 769. The second kappa shape index (κ2) is 4.54. The maximum absolute atomic E-state index is 4.64. The van der Waals surface area contributed by atoms with Crippen molar-refractivity contribution >= 4 is 16.7 Å². The predicted octanol–water partition coefficient (Wildman–Crippen LogP) is 3.63. The second-order valence-corrected chi connectivity index (χ2v) is 5.74. The molecule has 0 saturated heterocycles. The van der Waals surface area contributed by atoms with E-state index in [1.165, 1.54) is 32.1 Å². The lowest BCUT2D eigenvalue weighted by atomic mass is 9.89. The van der Waals surface area contributed by atoms with Gasteiger partial charge in [0.2, 0.25) is 0 Å². The van der Waals surface area contributed by atoms with E-state index < -0.39 is 0 Å². The van der Waals surface area contributed by atoms with Crippen LogP contribution in [0.3, 0.4) is 0 Å². The van der Waals surface area contributed by atoms with Gasteiger partial charge in [-0.3, -0.25) is 4.40 Å². The highest BCUT2D eigenvalue weighted by molar-refractivity contribution is 5.78. The summed E-state index contributed by atoms with van der Waals surface area (Å²) < 4.78 is 2.23. The molecule has 2 aromatic heterocycles. The Kier molecular flexibility index (Phi) is 2.69. The van der Waals surface area contributed by atoms with Crippen LogP contribution in [-0.2, 0) is 0 Å². The van der Waals surface area contributed by atoms with E-state index >= 15 is 0 Å². The summed E-state index contributed by atoms with van der Waals surface area (Å²) in [5.41, 5.74) is 4.01. The number of benzene rings is 1. The van der Waals surface area contributed by atoms with Crippen LogP contribution >= 0.6 is 0 Å². The Morgan fingerprint density at radius 3 is 2.70 bits per heavy atom. The Hall–Kier alpha value is -1.97. The van der Waals surface area contributed by atoms with Crippen molar-refractivity contribution in [2.24, 2.45) is 0 Å². The molecule has 1 aliphatic carbocycles. The zero-order chi connectivity index (χ0) is 13.5. The van der Waals surface area contributed by atoms with Crippen molar-refractivity contribution in [3.05, 3.63) is 35.8 Å². The fourth-order valence-electron chi connectivity index (χ4n) is 3.37. The molecule has 1 fully saturated rings. The molecular formula is C16H18N4. The number of hydrogen-bond donors (Lipinski definition) is 0. The van der Waals surface area contributed by atoms with Gasteiger partial charge in [0.15, 0.2) is 5.65 Å². The molecule has 0 bridgehead atoms. The molecule has 1 aliphatic rings. The SMILES string of the molecule is Cc1nc2ccccc2n2c(C3CCCCC3)nnc12. The van der Waals surface area contributed by atoms with E-state index in [0.717, 1.165) is 28.2 Å². The molecule has 1 saturated carbocycles. The Morgan fingerprint density at radius 1 is 1.05 bits per heavy atom.